The van der Waals surface area contributed by atoms with Gasteiger partial charge in [0.1, 0.15) is 78.6 Å². The molecule has 24 nitrogen and oxygen atoms in total. The van der Waals surface area contributed by atoms with E-state index in [9.17, 15) is 79.7 Å². The van der Waals surface area contributed by atoms with Crippen LogP contribution >= 0.6 is 0 Å². The first-order chi connectivity index (χ1) is 30.8. The topological polar surface area (TPSA) is 379 Å². The maximum atomic E-state index is 14.3. The minimum absolute atomic E-state index is 0.0421. The highest BCUT2D eigenvalue weighted by Crippen LogP contribution is 2.38. The maximum Gasteiger partial charge on any atom is 0.364 e. The number of aliphatic hydroxyl groups is 9. The Morgan fingerprint density at radius 3 is 2.08 bits per heavy atom. The smallest absolute Gasteiger partial charge is 0.364 e. The number of amides is 2. The van der Waals surface area contributed by atoms with Gasteiger partial charge in [-0.25, -0.2) is 9.18 Å². The third kappa shape index (κ3) is 13.7. The number of aromatic hydroxyl groups is 1. The molecule has 0 spiro atoms. The molecule has 3 aliphatic rings. The zero-order chi connectivity index (χ0) is 48.2. The van der Waals surface area contributed by atoms with Crippen LogP contribution in [0.25, 0.3) is 0 Å². The standard InChI is InChI=1S/C40H61FN2O22/c1-18(47)42-27-22(49)14-40(39(57)58,64-34(27)29(52)23(50)15-44)65-35-31(54)25(17-46)62-38(32(35)55)63-33-28(43-36(56)20-13-19(41)10-11-21(20)48)37(61-24(16-45)30(33)53)60-12-8-6-4-3-5-7-9-26(51)59-2/h10-11,13,22-25,27-35,37-38,44-46,48-50,52-55H,3-9,12,14-17H2,1-2H3,(H,42,47)(H,43,56)(H,57,58)/t22?,23?,24?,25?,27-,28?,29?,30-,31+,32?,33?,34?,35?,37-,38?,40+/m1/s1. The van der Waals surface area contributed by atoms with E-state index in [2.05, 4.69) is 15.4 Å². The van der Waals surface area contributed by atoms with Gasteiger partial charge in [-0.15, -0.1) is 0 Å². The van der Waals surface area contributed by atoms with E-state index in [4.69, 9.17) is 28.4 Å². The van der Waals surface area contributed by atoms with E-state index in [1.807, 2.05) is 0 Å². The molecule has 16 atom stereocenters. The molecule has 65 heavy (non-hydrogen) atoms. The molecule has 13 N–H and O–H groups in total. The molecular formula is C40H61FN2O22. The first-order valence-electron chi connectivity index (χ1n) is 21.0. The van der Waals surface area contributed by atoms with Crippen molar-refractivity contribution in [3.05, 3.63) is 29.6 Å². The second kappa shape index (κ2) is 24.8. The van der Waals surface area contributed by atoms with Gasteiger partial charge in [0.05, 0.1) is 44.6 Å². The van der Waals surface area contributed by atoms with Crippen LogP contribution in [0.5, 0.6) is 5.75 Å². The molecule has 0 radical (unpaired) electrons. The van der Waals surface area contributed by atoms with Gasteiger partial charge in [0, 0.05) is 26.4 Å². The quantitative estimate of drug-likeness (QED) is 0.0367. The number of rotatable bonds is 23. The van der Waals surface area contributed by atoms with Crippen molar-refractivity contribution in [1.29, 1.82) is 0 Å². The van der Waals surface area contributed by atoms with Crippen LogP contribution in [-0.4, -0.2) is 211 Å². The third-order valence-electron chi connectivity index (χ3n) is 11.3. The number of esters is 1. The molecule has 0 aromatic heterocycles. The highest BCUT2D eigenvalue weighted by Gasteiger charge is 2.60. The van der Waals surface area contributed by atoms with Crippen molar-refractivity contribution in [3.8, 4) is 5.75 Å². The van der Waals surface area contributed by atoms with Crippen molar-refractivity contribution >= 4 is 23.8 Å². The fourth-order valence-corrected chi connectivity index (χ4v) is 7.75. The molecule has 1 aromatic carbocycles. The Kier molecular flexibility index (Phi) is 20.6. The lowest BCUT2D eigenvalue weighted by molar-refractivity contribution is -0.381. The molecule has 2 amide bonds. The summed E-state index contributed by atoms with van der Waals surface area (Å²) in [7, 11) is 1.30. The SMILES string of the molecule is COC(=O)CCCCCCCCO[C@@H]1OC(CO)[C@@H](O)C(OC2OC(CO)[C@H](O)C(O[C@]3(C(=O)O)CC(O)[C@@H](NC(C)=O)C(C(O)C(O)CO)O3)C2O)C1NC(=O)c1cc(F)ccc1O. The number of nitrogens with one attached hydrogen (secondary N) is 2. The number of carbonyl (C=O) groups excluding carboxylic acids is 3. The van der Waals surface area contributed by atoms with Crippen molar-refractivity contribution in [2.24, 2.45) is 0 Å². The summed E-state index contributed by atoms with van der Waals surface area (Å²) >= 11 is 0. The van der Waals surface area contributed by atoms with E-state index in [-0.39, 0.29) is 19.0 Å². The van der Waals surface area contributed by atoms with Gasteiger partial charge in [-0.2, -0.15) is 0 Å². The minimum atomic E-state index is -3.13. The number of aliphatic hydroxyl groups excluding tert-OH is 9. The Bertz CT molecular complexity index is 1710. The van der Waals surface area contributed by atoms with Crippen LogP contribution in [-0.2, 0) is 47.5 Å². The van der Waals surface area contributed by atoms with Crippen LogP contribution in [0.4, 0.5) is 4.39 Å². The first kappa shape index (κ1) is 53.8. The van der Waals surface area contributed by atoms with Crippen LogP contribution < -0.4 is 10.6 Å². The summed E-state index contributed by atoms with van der Waals surface area (Å²) in [5.41, 5.74) is -0.580. The molecular weight excluding hydrogens is 879 g/mol. The number of aliphatic carboxylic acids is 1. The summed E-state index contributed by atoms with van der Waals surface area (Å²) in [5.74, 6) is -8.97. The summed E-state index contributed by atoms with van der Waals surface area (Å²) in [6.45, 7) is -2.05. The second-order valence-corrected chi connectivity index (χ2v) is 16.0. The molecule has 3 heterocycles. The number of carboxylic acids is 1. The van der Waals surface area contributed by atoms with E-state index in [0.717, 1.165) is 38.3 Å². The average molecular weight is 941 g/mol. The monoisotopic (exact) mass is 940 g/mol. The van der Waals surface area contributed by atoms with Gasteiger partial charge in [-0.05, 0) is 31.0 Å². The molecule has 370 valence electrons. The number of benzene rings is 1. The Morgan fingerprint density at radius 1 is 0.862 bits per heavy atom. The number of carboxylic acid groups (broad SMARTS) is 1. The van der Waals surface area contributed by atoms with Gasteiger partial charge >= 0.3 is 11.9 Å². The van der Waals surface area contributed by atoms with Crippen molar-refractivity contribution in [1.82, 2.24) is 10.6 Å². The zero-order valence-corrected chi connectivity index (χ0v) is 35.7. The van der Waals surface area contributed by atoms with Crippen LogP contribution in [0.15, 0.2) is 18.2 Å². The molecule has 4 rings (SSSR count). The Hall–Kier alpha value is -3.77. The molecule has 25 heteroatoms. The van der Waals surface area contributed by atoms with Crippen LogP contribution in [0.3, 0.4) is 0 Å². The molecule has 3 aliphatic heterocycles. The van der Waals surface area contributed by atoms with Crippen LogP contribution in [0, 0.1) is 5.82 Å². The Morgan fingerprint density at radius 2 is 1.48 bits per heavy atom. The summed E-state index contributed by atoms with van der Waals surface area (Å²) < 4.78 is 53.7. The Balaban J connectivity index is 1.64. The normalized spacial score (nSPS) is 33.7. The zero-order valence-electron chi connectivity index (χ0n) is 35.7. The van der Waals surface area contributed by atoms with Crippen LogP contribution in [0.1, 0.15) is 68.6 Å². The molecule has 0 saturated carbocycles. The average Bonchev–Trinajstić information content (AvgIpc) is 3.27. The van der Waals surface area contributed by atoms with Crippen molar-refractivity contribution < 1.29 is 113 Å². The number of phenolic OH excluding ortho intramolecular Hbond substituents is 1. The third-order valence-corrected chi connectivity index (χ3v) is 11.3. The maximum absolute atomic E-state index is 14.3. The number of carbonyl (C=O) groups is 4. The molecule has 1 aromatic rings. The van der Waals surface area contributed by atoms with E-state index in [1.54, 1.807) is 0 Å². The summed E-state index contributed by atoms with van der Waals surface area (Å²) in [6.07, 6.45) is -22.5. The molecule has 0 bridgehead atoms. The minimum Gasteiger partial charge on any atom is -0.507 e. The van der Waals surface area contributed by atoms with Crippen molar-refractivity contribution in [2.75, 3.05) is 33.5 Å². The van der Waals surface area contributed by atoms with E-state index >= 15 is 0 Å². The number of halogens is 1. The number of methoxy groups -OCH3 is 1. The lowest BCUT2D eigenvalue weighted by atomic mass is 9.88. The second-order valence-electron chi connectivity index (χ2n) is 16.0. The highest BCUT2D eigenvalue weighted by atomic mass is 19.1. The van der Waals surface area contributed by atoms with Gasteiger partial charge in [0.15, 0.2) is 12.6 Å². The summed E-state index contributed by atoms with van der Waals surface area (Å²) in [5, 5.41) is 122. The Labute approximate surface area is 371 Å². The fraction of sp³-hybridized carbons (Fsp3) is 0.750. The highest BCUT2D eigenvalue weighted by molar-refractivity contribution is 5.97. The number of unbranched alkanes of at least 4 members (excludes halogenated alkanes) is 5. The number of hydrogen-bond acceptors (Lipinski definition) is 21. The molecule has 0 aliphatic carbocycles. The lowest BCUT2D eigenvalue weighted by Gasteiger charge is -2.51. The van der Waals surface area contributed by atoms with Gasteiger partial charge in [-0.3, -0.25) is 14.4 Å². The molecule has 3 fully saturated rings. The number of phenols is 1. The van der Waals surface area contributed by atoms with Gasteiger partial charge in [0.25, 0.3) is 11.7 Å². The van der Waals surface area contributed by atoms with E-state index in [1.165, 1.54) is 7.11 Å². The fourth-order valence-electron chi connectivity index (χ4n) is 7.75. The number of hydrogen-bond donors (Lipinski definition) is 13. The number of ether oxygens (including phenoxy) is 7. The first-order valence-corrected chi connectivity index (χ1v) is 21.0. The van der Waals surface area contributed by atoms with E-state index in [0.29, 0.717) is 25.3 Å². The largest absolute Gasteiger partial charge is 0.507 e. The van der Waals surface area contributed by atoms with Crippen molar-refractivity contribution in [2.45, 2.75) is 156 Å². The van der Waals surface area contributed by atoms with Gasteiger partial charge < -0.3 is 100.0 Å². The predicted octanol–water partition coefficient (Wildman–Crippen LogP) is -4.01. The predicted molar refractivity (Wildman–Crippen MR) is 211 cm³/mol. The van der Waals surface area contributed by atoms with Crippen molar-refractivity contribution in [3.63, 3.8) is 0 Å². The van der Waals surface area contributed by atoms with Crippen LogP contribution in [0.2, 0.25) is 0 Å². The molecule has 11 unspecified atom stereocenters. The van der Waals surface area contributed by atoms with Gasteiger partial charge in [0.2, 0.25) is 5.91 Å². The van der Waals surface area contributed by atoms with E-state index < -0.39 is 159 Å². The lowest BCUT2D eigenvalue weighted by Crippen LogP contribution is -2.71. The molecule has 3 saturated heterocycles. The summed E-state index contributed by atoms with van der Waals surface area (Å²) in [6, 6.07) is -0.787. The summed E-state index contributed by atoms with van der Waals surface area (Å²) in [4.78, 5) is 50.0. The van der Waals surface area contributed by atoms with Gasteiger partial charge in [-0.1, -0.05) is 25.7 Å².